The quantitative estimate of drug-likeness (QED) is 0.705. The molecule has 106 valence electrons. The third kappa shape index (κ3) is 2.77. The highest BCUT2D eigenvalue weighted by Gasteiger charge is 2.14. The van der Waals surface area contributed by atoms with Crippen LogP contribution in [0.5, 0.6) is 0 Å². The number of tetrazole rings is 1. The third-order valence-corrected chi connectivity index (χ3v) is 3.76. The van der Waals surface area contributed by atoms with Crippen LogP contribution in [0.15, 0.2) is 40.9 Å². The molecule has 0 saturated carbocycles. The van der Waals surface area contributed by atoms with Crippen molar-refractivity contribution in [2.75, 3.05) is 5.73 Å². The first-order chi connectivity index (χ1) is 10.0. The zero-order chi connectivity index (χ0) is 15.0. The van der Waals surface area contributed by atoms with Crippen molar-refractivity contribution >= 4 is 33.2 Å². The van der Waals surface area contributed by atoms with E-state index in [1.165, 1.54) is 0 Å². The van der Waals surface area contributed by atoms with Crippen LogP contribution in [-0.4, -0.2) is 20.2 Å². The van der Waals surface area contributed by atoms with Crippen LogP contribution in [-0.2, 0) is 0 Å². The van der Waals surface area contributed by atoms with Crippen molar-refractivity contribution in [3.63, 3.8) is 0 Å². The Hall–Kier alpha value is -1.92. The van der Waals surface area contributed by atoms with Gasteiger partial charge in [0.1, 0.15) is 0 Å². The SMILES string of the molecule is Cc1cc(N)cc(-c2nnnn2-c2ccc(Br)cc2Cl)c1. The second-order valence-corrected chi connectivity index (χ2v) is 5.97. The van der Waals surface area contributed by atoms with Crippen molar-refractivity contribution in [2.45, 2.75) is 6.92 Å². The number of hydrogen-bond donors (Lipinski definition) is 1. The first-order valence-electron chi connectivity index (χ1n) is 6.16. The number of nitrogens with two attached hydrogens (primary N) is 1. The Bertz CT molecular complexity index is 795. The Morgan fingerprint density at radius 3 is 2.71 bits per heavy atom. The summed E-state index contributed by atoms with van der Waals surface area (Å²) in [5.41, 5.74) is 9.16. The Labute approximate surface area is 134 Å². The van der Waals surface area contributed by atoms with E-state index in [4.69, 9.17) is 17.3 Å². The van der Waals surface area contributed by atoms with Gasteiger partial charge in [0, 0.05) is 15.7 Å². The van der Waals surface area contributed by atoms with Gasteiger partial charge < -0.3 is 5.73 Å². The van der Waals surface area contributed by atoms with Gasteiger partial charge in [-0.15, -0.1) is 5.10 Å². The Morgan fingerprint density at radius 1 is 1.19 bits per heavy atom. The van der Waals surface area contributed by atoms with E-state index in [9.17, 15) is 0 Å². The summed E-state index contributed by atoms with van der Waals surface area (Å²) in [7, 11) is 0. The lowest BCUT2D eigenvalue weighted by atomic mass is 10.1. The van der Waals surface area contributed by atoms with E-state index in [-0.39, 0.29) is 0 Å². The summed E-state index contributed by atoms with van der Waals surface area (Å²) in [6.07, 6.45) is 0. The maximum atomic E-state index is 6.27. The van der Waals surface area contributed by atoms with Gasteiger partial charge in [-0.25, -0.2) is 0 Å². The van der Waals surface area contributed by atoms with Gasteiger partial charge in [-0.3, -0.25) is 0 Å². The van der Waals surface area contributed by atoms with Crippen molar-refractivity contribution < 1.29 is 0 Å². The highest BCUT2D eigenvalue weighted by Crippen LogP contribution is 2.28. The van der Waals surface area contributed by atoms with E-state index < -0.39 is 0 Å². The highest BCUT2D eigenvalue weighted by molar-refractivity contribution is 9.10. The molecule has 2 N–H and O–H groups in total. The van der Waals surface area contributed by atoms with Gasteiger partial charge in [-0.1, -0.05) is 27.5 Å². The van der Waals surface area contributed by atoms with Gasteiger partial charge >= 0.3 is 0 Å². The minimum atomic E-state index is 0.554. The molecule has 1 aromatic heterocycles. The van der Waals surface area contributed by atoms with E-state index in [0.717, 1.165) is 15.6 Å². The molecule has 0 aliphatic carbocycles. The van der Waals surface area contributed by atoms with Crippen molar-refractivity contribution in [2.24, 2.45) is 0 Å². The first-order valence-corrected chi connectivity index (χ1v) is 7.33. The predicted molar refractivity (Wildman–Crippen MR) is 86.4 cm³/mol. The minimum absolute atomic E-state index is 0.554. The summed E-state index contributed by atoms with van der Waals surface area (Å²) >= 11 is 9.65. The van der Waals surface area contributed by atoms with Gasteiger partial charge in [0.2, 0.25) is 0 Å². The number of nitrogens with zero attached hydrogens (tertiary/aromatic N) is 4. The predicted octanol–water partition coefficient (Wildman–Crippen LogP) is 3.64. The average Bonchev–Trinajstić information content (AvgIpc) is 2.86. The van der Waals surface area contributed by atoms with Crippen molar-refractivity contribution in [3.05, 3.63) is 51.5 Å². The Morgan fingerprint density at radius 2 is 2.00 bits per heavy atom. The summed E-state index contributed by atoms with van der Waals surface area (Å²) < 4.78 is 2.49. The number of halogens is 2. The van der Waals surface area contributed by atoms with Crippen molar-refractivity contribution in [1.29, 1.82) is 0 Å². The molecule has 3 aromatic rings. The highest BCUT2D eigenvalue weighted by atomic mass is 79.9. The van der Waals surface area contributed by atoms with Gasteiger partial charge in [-0.05, 0) is 59.3 Å². The molecule has 1 heterocycles. The molecule has 0 unspecified atom stereocenters. The van der Waals surface area contributed by atoms with E-state index in [1.54, 1.807) is 10.7 Å². The smallest absolute Gasteiger partial charge is 0.187 e. The molecule has 7 heteroatoms. The van der Waals surface area contributed by atoms with Crippen LogP contribution in [0.3, 0.4) is 0 Å². The molecular formula is C14H11BrClN5. The standard InChI is InChI=1S/C14H11BrClN5/c1-8-4-9(6-11(17)5-8)14-18-19-20-21(14)13-3-2-10(15)7-12(13)16/h2-7H,17H2,1H3. The lowest BCUT2D eigenvalue weighted by molar-refractivity contribution is 0.791. The van der Waals surface area contributed by atoms with E-state index >= 15 is 0 Å². The number of benzene rings is 2. The lowest BCUT2D eigenvalue weighted by Gasteiger charge is -2.08. The fraction of sp³-hybridized carbons (Fsp3) is 0.0714. The van der Waals surface area contributed by atoms with Crippen LogP contribution < -0.4 is 5.73 Å². The van der Waals surface area contributed by atoms with Crippen LogP contribution in [0.2, 0.25) is 5.02 Å². The number of rotatable bonds is 2. The Balaban J connectivity index is 2.17. The molecule has 0 saturated heterocycles. The van der Waals surface area contributed by atoms with E-state index in [1.807, 2.05) is 37.3 Å². The molecule has 5 nitrogen and oxygen atoms in total. The number of aromatic nitrogens is 4. The van der Waals surface area contributed by atoms with Gasteiger partial charge in [0.05, 0.1) is 10.7 Å². The summed E-state index contributed by atoms with van der Waals surface area (Å²) in [4.78, 5) is 0. The Kier molecular flexibility index (Phi) is 3.65. The maximum Gasteiger partial charge on any atom is 0.187 e. The van der Waals surface area contributed by atoms with Crippen LogP contribution in [0.4, 0.5) is 5.69 Å². The maximum absolute atomic E-state index is 6.27. The normalized spacial score (nSPS) is 10.8. The van der Waals surface area contributed by atoms with Gasteiger partial charge in [0.25, 0.3) is 0 Å². The molecule has 0 aliphatic heterocycles. The second-order valence-electron chi connectivity index (χ2n) is 4.64. The lowest BCUT2D eigenvalue weighted by Crippen LogP contribution is -2.01. The van der Waals surface area contributed by atoms with Crippen LogP contribution in [0.1, 0.15) is 5.56 Å². The van der Waals surface area contributed by atoms with Crippen molar-refractivity contribution in [1.82, 2.24) is 20.2 Å². The molecule has 0 atom stereocenters. The van der Waals surface area contributed by atoms with Gasteiger partial charge in [-0.2, -0.15) is 4.68 Å². The summed E-state index contributed by atoms with van der Waals surface area (Å²) in [5, 5.41) is 12.4. The first kappa shape index (κ1) is 14.0. The van der Waals surface area contributed by atoms with Crippen LogP contribution in [0.25, 0.3) is 17.1 Å². The molecular weight excluding hydrogens is 354 g/mol. The van der Waals surface area contributed by atoms with Crippen LogP contribution in [0, 0.1) is 6.92 Å². The molecule has 2 aromatic carbocycles. The molecule has 21 heavy (non-hydrogen) atoms. The van der Waals surface area contributed by atoms with Crippen LogP contribution >= 0.6 is 27.5 Å². The second kappa shape index (κ2) is 5.46. The molecule has 3 rings (SSSR count). The molecule has 0 fully saturated rings. The third-order valence-electron chi connectivity index (χ3n) is 2.97. The molecule has 0 aliphatic rings. The number of nitrogen functional groups attached to an aromatic ring is 1. The topological polar surface area (TPSA) is 69.6 Å². The zero-order valence-electron chi connectivity index (χ0n) is 11.1. The number of anilines is 1. The average molecular weight is 365 g/mol. The number of hydrogen-bond acceptors (Lipinski definition) is 4. The molecule has 0 bridgehead atoms. The number of aryl methyl sites for hydroxylation is 1. The summed E-state index contributed by atoms with van der Waals surface area (Å²) in [6.45, 7) is 1.97. The fourth-order valence-corrected chi connectivity index (χ4v) is 2.88. The summed E-state index contributed by atoms with van der Waals surface area (Å²) in [6, 6.07) is 11.2. The van der Waals surface area contributed by atoms with E-state index in [0.29, 0.717) is 22.2 Å². The van der Waals surface area contributed by atoms with Gasteiger partial charge in [0.15, 0.2) is 5.82 Å². The fourth-order valence-electron chi connectivity index (χ4n) is 2.12. The van der Waals surface area contributed by atoms with E-state index in [2.05, 4.69) is 31.5 Å². The monoisotopic (exact) mass is 363 g/mol. The summed E-state index contributed by atoms with van der Waals surface area (Å²) in [5.74, 6) is 0.592. The minimum Gasteiger partial charge on any atom is -0.399 e. The molecule has 0 amide bonds. The molecule has 0 radical (unpaired) electrons. The van der Waals surface area contributed by atoms with Crippen molar-refractivity contribution in [3.8, 4) is 17.1 Å². The molecule has 0 spiro atoms. The zero-order valence-corrected chi connectivity index (χ0v) is 13.4. The largest absolute Gasteiger partial charge is 0.399 e.